The Labute approximate surface area is 144 Å². The number of hydrogen-bond acceptors (Lipinski definition) is 3. The molecule has 0 amide bonds. The van der Waals surface area contributed by atoms with Crippen LogP contribution in [-0.4, -0.2) is 18.3 Å². The van der Waals surface area contributed by atoms with Crippen molar-refractivity contribution in [3.63, 3.8) is 0 Å². The van der Waals surface area contributed by atoms with E-state index in [2.05, 4.69) is 0 Å². The van der Waals surface area contributed by atoms with Crippen molar-refractivity contribution in [1.29, 1.82) is 0 Å². The number of halogens is 3. The topological polar surface area (TPSA) is 27.7 Å². The Morgan fingerprint density at radius 3 is 1.92 bits per heavy atom. The first-order valence-corrected chi connectivity index (χ1v) is 7.86. The minimum absolute atomic E-state index is 0.125. The van der Waals surface area contributed by atoms with E-state index in [0.717, 1.165) is 12.1 Å². The van der Waals surface area contributed by atoms with Crippen molar-refractivity contribution in [1.82, 2.24) is 0 Å². The normalized spacial score (nSPS) is 18.4. The van der Waals surface area contributed by atoms with E-state index in [1.165, 1.54) is 12.1 Å². The molecule has 0 unspecified atom stereocenters. The Bertz CT molecular complexity index is 772. The third kappa shape index (κ3) is 3.53. The lowest BCUT2D eigenvalue weighted by atomic mass is 9.79. The van der Waals surface area contributed by atoms with Gasteiger partial charge in [0.25, 0.3) is 0 Å². The van der Waals surface area contributed by atoms with Crippen molar-refractivity contribution in [2.24, 2.45) is 0 Å². The molecule has 0 aromatic heterocycles. The average molecular weight is 350 g/mol. The second kappa shape index (κ2) is 6.07. The fraction of sp³-hybridized carbons (Fsp3) is 0.333. The fourth-order valence-corrected chi connectivity index (χ4v) is 2.44. The van der Waals surface area contributed by atoms with Crippen molar-refractivity contribution in [3.05, 3.63) is 53.8 Å². The molecule has 1 saturated heterocycles. The minimum Gasteiger partial charge on any atom is -0.454 e. The number of hydrogen-bond donors (Lipinski definition) is 0. The second-order valence-electron chi connectivity index (χ2n) is 6.99. The van der Waals surface area contributed by atoms with Crippen LogP contribution in [0, 0.1) is 17.5 Å². The second-order valence-corrected chi connectivity index (χ2v) is 6.99. The highest BCUT2D eigenvalue weighted by Crippen LogP contribution is 2.36. The summed E-state index contributed by atoms with van der Waals surface area (Å²) in [6.07, 6.45) is 0. The molecule has 3 nitrogen and oxygen atoms in total. The summed E-state index contributed by atoms with van der Waals surface area (Å²) in [6, 6.07) is 6.86. The van der Waals surface area contributed by atoms with Crippen LogP contribution >= 0.6 is 0 Å². The van der Waals surface area contributed by atoms with Gasteiger partial charge in [0.1, 0.15) is 17.4 Å². The van der Waals surface area contributed by atoms with Gasteiger partial charge in [-0.15, -0.1) is 0 Å². The Morgan fingerprint density at radius 2 is 1.40 bits per heavy atom. The smallest absolute Gasteiger partial charge is 0.454 e. The average Bonchev–Trinajstić information content (AvgIpc) is 2.68. The van der Waals surface area contributed by atoms with Crippen LogP contribution in [-0.2, 0) is 9.31 Å². The number of ether oxygens (including phenoxy) is 1. The molecular formula is C18H18BF3O3. The van der Waals surface area contributed by atoms with Crippen LogP contribution < -0.4 is 10.2 Å². The summed E-state index contributed by atoms with van der Waals surface area (Å²) in [5.74, 6) is -2.56. The monoisotopic (exact) mass is 350 g/mol. The zero-order valence-electron chi connectivity index (χ0n) is 14.4. The van der Waals surface area contributed by atoms with Crippen molar-refractivity contribution in [2.75, 3.05) is 0 Å². The molecule has 0 radical (unpaired) electrons. The fourth-order valence-electron chi connectivity index (χ4n) is 2.44. The van der Waals surface area contributed by atoms with Crippen LogP contribution in [0.25, 0.3) is 0 Å². The van der Waals surface area contributed by atoms with Gasteiger partial charge in [0.2, 0.25) is 0 Å². The predicted molar refractivity (Wildman–Crippen MR) is 88.5 cm³/mol. The van der Waals surface area contributed by atoms with Crippen molar-refractivity contribution in [3.8, 4) is 11.5 Å². The first kappa shape index (κ1) is 17.8. The van der Waals surface area contributed by atoms with Crippen LogP contribution in [0.3, 0.4) is 0 Å². The van der Waals surface area contributed by atoms with E-state index < -0.39 is 35.8 Å². The molecular weight excluding hydrogens is 332 g/mol. The molecule has 132 valence electrons. The van der Waals surface area contributed by atoms with Gasteiger partial charge in [-0.05, 0) is 45.3 Å². The zero-order chi connectivity index (χ0) is 18.4. The molecule has 1 aliphatic rings. The molecule has 0 bridgehead atoms. The van der Waals surface area contributed by atoms with E-state index in [0.29, 0.717) is 11.5 Å². The molecule has 25 heavy (non-hydrogen) atoms. The molecule has 0 aliphatic carbocycles. The standard InChI is InChI=1S/C18H18BF3O3/c1-17(2)18(3,4)25-19(24-17)11-5-6-16(15(22)7-11)23-14-9-12(20)8-13(21)10-14/h5-10H,1-4H3. The molecule has 1 fully saturated rings. The molecule has 2 aromatic carbocycles. The summed E-state index contributed by atoms with van der Waals surface area (Å²) in [5.41, 5.74) is -0.584. The summed E-state index contributed by atoms with van der Waals surface area (Å²) >= 11 is 0. The summed E-state index contributed by atoms with van der Waals surface area (Å²) in [5, 5.41) is 0. The van der Waals surface area contributed by atoms with E-state index in [4.69, 9.17) is 14.0 Å². The first-order chi connectivity index (χ1) is 11.6. The zero-order valence-corrected chi connectivity index (χ0v) is 14.4. The lowest BCUT2D eigenvalue weighted by molar-refractivity contribution is 0.00578. The summed E-state index contributed by atoms with van der Waals surface area (Å²) in [6.45, 7) is 7.61. The van der Waals surface area contributed by atoms with Gasteiger partial charge in [0.15, 0.2) is 11.6 Å². The van der Waals surface area contributed by atoms with Gasteiger partial charge in [-0.3, -0.25) is 0 Å². The molecule has 0 spiro atoms. The molecule has 1 heterocycles. The Balaban J connectivity index is 1.82. The summed E-state index contributed by atoms with van der Waals surface area (Å²) in [7, 11) is -0.708. The van der Waals surface area contributed by atoms with Gasteiger partial charge in [0.05, 0.1) is 11.2 Å². The summed E-state index contributed by atoms with van der Waals surface area (Å²) in [4.78, 5) is 0. The Kier molecular flexibility index (Phi) is 4.33. The van der Waals surface area contributed by atoms with Crippen molar-refractivity contribution >= 4 is 12.6 Å². The van der Waals surface area contributed by atoms with Crippen LogP contribution in [0.1, 0.15) is 27.7 Å². The highest BCUT2D eigenvalue weighted by Gasteiger charge is 2.51. The highest BCUT2D eigenvalue weighted by atomic mass is 19.1. The molecule has 0 saturated carbocycles. The van der Waals surface area contributed by atoms with Crippen LogP contribution in [0.4, 0.5) is 13.2 Å². The van der Waals surface area contributed by atoms with Gasteiger partial charge < -0.3 is 14.0 Å². The van der Waals surface area contributed by atoms with E-state index in [-0.39, 0.29) is 11.5 Å². The maximum atomic E-state index is 14.4. The molecule has 7 heteroatoms. The predicted octanol–water partition coefficient (Wildman–Crippen LogP) is 4.20. The SMILES string of the molecule is CC1(C)OB(c2ccc(Oc3cc(F)cc(F)c3)c(F)c2)OC1(C)C. The van der Waals surface area contributed by atoms with E-state index in [1.807, 2.05) is 27.7 Å². The van der Waals surface area contributed by atoms with Crippen molar-refractivity contribution in [2.45, 2.75) is 38.9 Å². The lowest BCUT2D eigenvalue weighted by Gasteiger charge is -2.32. The first-order valence-electron chi connectivity index (χ1n) is 7.86. The maximum Gasteiger partial charge on any atom is 0.494 e. The molecule has 0 N–H and O–H groups in total. The Morgan fingerprint density at radius 1 is 0.840 bits per heavy atom. The molecule has 3 rings (SSSR count). The van der Waals surface area contributed by atoms with Gasteiger partial charge in [-0.25, -0.2) is 13.2 Å². The minimum atomic E-state index is -0.802. The third-order valence-electron chi connectivity index (χ3n) is 4.55. The van der Waals surface area contributed by atoms with Crippen LogP contribution in [0.15, 0.2) is 36.4 Å². The van der Waals surface area contributed by atoms with Gasteiger partial charge in [-0.2, -0.15) is 0 Å². The quantitative estimate of drug-likeness (QED) is 0.777. The van der Waals surface area contributed by atoms with Crippen molar-refractivity contribution < 1.29 is 27.2 Å². The largest absolute Gasteiger partial charge is 0.494 e. The van der Waals surface area contributed by atoms with E-state index >= 15 is 0 Å². The van der Waals surface area contributed by atoms with Gasteiger partial charge in [0, 0.05) is 18.2 Å². The molecule has 2 aromatic rings. The molecule has 0 atom stereocenters. The maximum absolute atomic E-state index is 14.4. The van der Waals surface area contributed by atoms with E-state index in [1.54, 1.807) is 6.07 Å². The number of rotatable bonds is 3. The van der Waals surface area contributed by atoms with Crippen LogP contribution in [0.5, 0.6) is 11.5 Å². The van der Waals surface area contributed by atoms with Crippen LogP contribution in [0.2, 0.25) is 0 Å². The lowest BCUT2D eigenvalue weighted by Crippen LogP contribution is -2.41. The Hall–Kier alpha value is -1.99. The molecule has 1 aliphatic heterocycles. The third-order valence-corrected chi connectivity index (χ3v) is 4.55. The van der Waals surface area contributed by atoms with Gasteiger partial charge in [-0.1, -0.05) is 6.07 Å². The summed E-state index contributed by atoms with van der Waals surface area (Å²) < 4.78 is 57.7. The van der Waals surface area contributed by atoms with E-state index in [9.17, 15) is 13.2 Å². The highest BCUT2D eigenvalue weighted by molar-refractivity contribution is 6.62. The van der Waals surface area contributed by atoms with Gasteiger partial charge >= 0.3 is 7.12 Å². The number of benzene rings is 2.